The van der Waals surface area contributed by atoms with Crippen LogP contribution in [0.1, 0.15) is 24.1 Å². The van der Waals surface area contributed by atoms with Crippen LogP contribution in [0.3, 0.4) is 0 Å². The Balaban J connectivity index is 1.51. The van der Waals surface area contributed by atoms with Crippen LogP contribution < -0.4 is 10.2 Å². The summed E-state index contributed by atoms with van der Waals surface area (Å²) in [5.74, 6) is 1.83. The van der Waals surface area contributed by atoms with Gasteiger partial charge in [-0.15, -0.1) is 0 Å². The molecule has 0 unspecified atom stereocenters. The zero-order valence-corrected chi connectivity index (χ0v) is 15.2. The molecule has 3 aromatic rings. The van der Waals surface area contributed by atoms with Crippen LogP contribution in [0, 0.1) is 17.2 Å². The average Bonchev–Trinajstić information content (AvgIpc) is 3.33. The van der Waals surface area contributed by atoms with Crippen molar-refractivity contribution in [3.8, 4) is 6.07 Å². The first kappa shape index (κ1) is 16.3. The number of aromatic nitrogens is 3. The van der Waals surface area contributed by atoms with Gasteiger partial charge in [0.05, 0.1) is 28.8 Å². The van der Waals surface area contributed by atoms with Crippen molar-refractivity contribution in [1.29, 1.82) is 5.26 Å². The molecule has 27 heavy (non-hydrogen) atoms. The Morgan fingerprint density at radius 3 is 2.96 bits per heavy atom. The number of nitriles is 1. The molecule has 0 saturated carbocycles. The number of para-hydroxylation sites is 2. The molecule has 0 spiro atoms. The van der Waals surface area contributed by atoms with Crippen molar-refractivity contribution in [2.75, 3.05) is 24.5 Å². The summed E-state index contributed by atoms with van der Waals surface area (Å²) < 4.78 is 2.26. The second kappa shape index (κ2) is 6.67. The van der Waals surface area contributed by atoms with Crippen molar-refractivity contribution in [3.05, 3.63) is 53.9 Å². The third kappa shape index (κ3) is 2.94. The Morgan fingerprint density at radius 1 is 1.19 bits per heavy atom. The summed E-state index contributed by atoms with van der Waals surface area (Å²) in [6, 6.07) is 14.7. The number of imidazole rings is 1. The number of pyridine rings is 1. The molecule has 136 valence electrons. The first-order valence-corrected chi connectivity index (χ1v) is 9.60. The largest absolute Gasteiger partial charge is 0.341 e. The smallest absolute Gasteiger partial charge is 0.206 e. The zero-order valence-electron chi connectivity index (χ0n) is 15.2. The number of benzene rings is 1. The molecule has 2 fully saturated rings. The van der Waals surface area contributed by atoms with Gasteiger partial charge in [-0.2, -0.15) is 5.26 Å². The van der Waals surface area contributed by atoms with E-state index in [9.17, 15) is 0 Å². The number of piperidine rings is 1. The van der Waals surface area contributed by atoms with Gasteiger partial charge >= 0.3 is 0 Å². The van der Waals surface area contributed by atoms with Crippen LogP contribution in [0.4, 0.5) is 5.95 Å². The molecule has 0 amide bonds. The molecule has 6 nitrogen and oxygen atoms in total. The molecular formula is C21H22N6. The minimum Gasteiger partial charge on any atom is -0.341 e. The molecule has 0 radical (unpaired) electrons. The van der Waals surface area contributed by atoms with Gasteiger partial charge in [-0.05, 0) is 49.6 Å². The molecule has 1 N–H and O–H groups in total. The van der Waals surface area contributed by atoms with E-state index in [2.05, 4.69) is 44.0 Å². The first-order valence-electron chi connectivity index (χ1n) is 9.60. The third-order valence-corrected chi connectivity index (χ3v) is 5.87. The molecule has 2 saturated heterocycles. The van der Waals surface area contributed by atoms with Gasteiger partial charge in [0, 0.05) is 25.3 Å². The third-order valence-electron chi connectivity index (χ3n) is 5.87. The van der Waals surface area contributed by atoms with Crippen molar-refractivity contribution < 1.29 is 0 Å². The SMILES string of the molecule is N#Cc1ccc(Cn2c(N3CC[C@H]4CCN[C@@H]4C3)nc3ccccc32)nc1. The Morgan fingerprint density at radius 2 is 2.11 bits per heavy atom. The van der Waals surface area contributed by atoms with Crippen LogP contribution in [0.5, 0.6) is 0 Å². The Kier molecular flexibility index (Phi) is 4.02. The summed E-state index contributed by atoms with van der Waals surface area (Å²) in [5.41, 5.74) is 3.67. The molecule has 2 aliphatic rings. The first-order chi connectivity index (χ1) is 13.3. The number of fused-ring (bicyclic) bond motifs is 2. The molecule has 4 heterocycles. The van der Waals surface area contributed by atoms with Gasteiger partial charge in [0.25, 0.3) is 0 Å². The summed E-state index contributed by atoms with van der Waals surface area (Å²) in [6.07, 6.45) is 4.15. The van der Waals surface area contributed by atoms with Gasteiger partial charge in [0.15, 0.2) is 0 Å². The predicted molar refractivity (Wildman–Crippen MR) is 105 cm³/mol. The highest BCUT2D eigenvalue weighted by molar-refractivity contribution is 5.79. The number of nitrogens with one attached hydrogen (secondary N) is 1. The number of hydrogen-bond donors (Lipinski definition) is 1. The van der Waals surface area contributed by atoms with Gasteiger partial charge in [0.1, 0.15) is 6.07 Å². The monoisotopic (exact) mass is 358 g/mol. The summed E-state index contributed by atoms with van der Waals surface area (Å²) in [7, 11) is 0. The Hall–Kier alpha value is -2.91. The Bertz CT molecular complexity index is 1000. The lowest BCUT2D eigenvalue weighted by atomic mass is 9.93. The highest BCUT2D eigenvalue weighted by atomic mass is 15.3. The normalized spacial score (nSPS) is 22.0. The molecule has 2 aromatic heterocycles. The molecule has 2 atom stereocenters. The molecule has 6 heteroatoms. The fraction of sp³-hybridized carbons (Fsp3) is 0.381. The van der Waals surface area contributed by atoms with Crippen LogP contribution in [0.2, 0.25) is 0 Å². The summed E-state index contributed by atoms with van der Waals surface area (Å²) >= 11 is 0. The van der Waals surface area contributed by atoms with Crippen molar-refractivity contribution in [2.45, 2.75) is 25.4 Å². The molecule has 0 aliphatic carbocycles. The lowest BCUT2D eigenvalue weighted by Gasteiger charge is -2.35. The molecule has 0 bridgehead atoms. The van der Waals surface area contributed by atoms with E-state index in [0.29, 0.717) is 18.2 Å². The van der Waals surface area contributed by atoms with Crippen molar-refractivity contribution in [2.24, 2.45) is 5.92 Å². The average molecular weight is 358 g/mol. The van der Waals surface area contributed by atoms with Gasteiger partial charge in [-0.1, -0.05) is 12.1 Å². The maximum atomic E-state index is 9.00. The van der Waals surface area contributed by atoms with Gasteiger partial charge in [-0.3, -0.25) is 4.98 Å². The van der Waals surface area contributed by atoms with E-state index in [1.54, 1.807) is 6.20 Å². The second-order valence-electron chi connectivity index (χ2n) is 7.48. The lowest BCUT2D eigenvalue weighted by Crippen LogP contribution is -2.47. The quantitative estimate of drug-likeness (QED) is 0.779. The Labute approximate surface area is 158 Å². The fourth-order valence-electron chi connectivity index (χ4n) is 4.42. The number of nitrogens with zero attached hydrogens (tertiary/aromatic N) is 5. The van der Waals surface area contributed by atoms with E-state index in [0.717, 1.165) is 48.2 Å². The van der Waals surface area contributed by atoms with Crippen LogP contribution >= 0.6 is 0 Å². The number of hydrogen-bond acceptors (Lipinski definition) is 5. The van der Waals surface area contributed by atoms with Crippen molar-refractivity contribution in [3.63, 3.8) is 0 Å². The summed E-state index contributed by atoms with van der Waals surface area (Å²) in [4.78, 5) is 11.8. The van der Waals surface area contributed by atoms with E-state index in [-0.39, 0.29) is 0 Å². The minimum absolute atomic E-state index is 0.569. The molecule has 5 rings (SSSR count). The van der Waals surface area contributed by atoms with E-state index >= 15 is 0 Å². The highest BCUT2D eigenvalue weighted by Gasteiger charge is 2.34. The van der Waals surface area contributed by atoms with Gasteiger partial charge in [-0.25, -0.2) is 4.98 Å². The summed E-state index contributed by atoms with van der Waals surface area (Å²) in [5, 5.41) is 12.6. The fourth-order valence-corrected chi connectivity index (χ4v) is 4.42. The second-order valence-corrected chi connectivity index (χ2v) is 7.48. The predicted octanol–water partition coefficient (Wildman–Crippen LogP) is 2.54. The van der Waals surface area contributed by atoms with E-state index in [1.807, 2.05) is 18.2 Å². The van der Waals surface area contributed by atoms with Crippen LogP contribution in [0.25, 0.3) is 11.0 Å². The maximum Gasteiger partial charge on any atom is 0.206 e. The van der Waals surface area contributed by atoms with Crippen LogP contribution in [-0.2, 0) is 6.54 Å². The number of anilines is 1. The topological polar surface area (TPSA) is 69.8 Å². The van der Waals surface area contributed by atoms with Gasteiger partial charge < -0.3 is 14.8 Å². The van der Waals surface area contributed by atoms with Crippen LogP contribution in [0.15, 0.2) is 42.6 Å². The standard InChI is InChI=1S/C21H22N6/c22-11-15-5-6-17(24-12-15)13-27-20-4-2-1-3-18(20)25-21(27)26-10-8-16-7-9-23-19(16)14-26/h1-6,12,16,19,23H,7-10,13-14H2/t16-,19-/m1/s1. The maximum absolute atomic E-state index is 9.00. The zero-order chi connectivity index (χ0) is 18.2. The van der Waals surface area contributed by atoms with Crippen LogP contribution in [-0.4, -0.2) is 40.2 Å². The van der Waals surface area contributed by atoms with E-state index < -0.39 is 0 Å². The highest BCUT2D eigenvalue weighted by Crippen LogP contribution is 2.30. The van der Waals surface area contributed by atoms with Gasteiger partial charge in [0.2, 0.25) is 5.95 Å². The minimum atomic E-state index is 0.569. The lowest BCUT2D eigenvalue weighted by molar-refractivity contribution is 0.369. The van der Waals surface area contributed by atoms with Crippen molar-refractivity contribution >= 4 is 17.0 Å². The summed E-state index contributed by atoms with van der Waals surface area (Å²) in [6.45, 7) is 3.84. The van der Waals surface area contributed by atoms with Crippen molar-refractivity contribution in [1.82, 2.24) is 19.9 Å². The number of rotatable bonds is 3. The molecular weight excluding hydrogens is 336 g/mol. The molecule has 1 aromatic carbocycles. The van der Waals surface area contributed by atoms with E-state index in [4.69, 9.17) is 10.2 Å². The van der Waals surface area contributed by atoms with E-state index in [1.165, 1.54) is 12.8 Å². The molecule has 2 aliphatic heterocycles.